The molecular formula is C43H36OS. The van der Waals surface area contributed by atoms with Crippen LogP contribution in [-0.4, -0.2) is 0 Å². The van der Waals surface area contributed by atoms with Crippen LogP contribution in [0.15, 0.2) is 132 Å². The fourth-order valence-electron chi connectivity index (χ4n) is 7.39. The fourth-order valence-corrected chi connectivity index (χ4v) is 8.80. The maximum atomic E-state index is 6.94. The topological polar surface area (TPSA) is 13.1 Å². The Kier molecular flexibility index (Phi) is 6.31. The number of fused-ring (bicyclic) bond motifs is 6. The van der Waals surface area contributed by atoms with Crippen LogP contribution >= 0.6 is 11.3 Å². The molecule has 0 amide bonds. The normalized spacial score (nSPS) is 12.6. The molecule has 8 aromatic rings. The van der Waals surface area contributed by atoms with E-state index in [2.05, 4.69) is 162 Å². The maximum Gasteiger partial charge on any atom is 0.139 e. The van der Waals surface area contributed by atoms with Crippen LogP contribution in [0.3, 0.4) is 0 Å². The van der Waals surface area contributed by atoms with Crippen molar-refractivity contribution in [3.05, 3.63) is 144 Å². The van der Waals surface area contributed by atoms with Gasteiger partial charge in [-0.3, -0.25) is 0 Å². The predicted molar refractivity (Wildman–Crippen MR) is 195 cm³/mol. The third-order valence-electron chi connectivity index (χ3n) is 9.41. The SMILES string of the molecule is CC(C)(C)c1c(-c2ccccc2)cc(C(C)(C)c2c(-c3ccccc3)ccc3c2sc2ccccc23)c2oc3ccccc3c12. The zero-order chi connectivity index (χ0) is 30.9. The van der Waals surface area contributed by atoms with Crippen molar-refractivity contribution in [3.8, 4) is 22.3 Å². The number of benzene rings is 6. The minimum atomic E-state index is -0.405. The Morgan fingerprint density at radius 1 is 0.533 bits per heavy atom. The van der Waals surface area contributed by atoms with Gasteiger partial charge in [-0.2, -0.15) is 0 Å². The summed E-state index contributed by atoms with van der Waals surface area (Å²) in [4.78, 5) is 0. The summed E-state index contributed by atoms with van der Waals surface area (Å²) < 4.78 is 9.60. The lowest BCUT2D eigenvalue weighted by Gasteiger charge is -2.32. The zero-order valence-corrected chi connectivity index (χ0v) is 27.3. The van der Waals surface area contributed by atoms with E-state index in [1.165, 1.54) is 69.9 Å². The van der Waals surface area contributed by atoms with Gasteiger partial charge in [0.05, 0.1) is 0 Å². The van der Waals surface area contributed by atoms with Crippen molar-refractivity contribution in [1.82, 2.24) is 0 Å². The molecule has 0 N–H and O–H groups in total. The molecule has 0 radical (unpaired) electrons. The fraction of sp³-hybridized carbons (Fsp3) is 0.163. The van der Waals surface area contributed by atoms with Gasteiger partial charge in [-0.25, -0.2) is 0 Å². The van der Waals surface area contributed by atoms with Gasteiger partial charge < -0.3 is 4.42 Å². The molecule has 1 nitrogen and oxygen atoms in total. The minimum Gasteiger partial charge on any atom is -0.456 e. The Hall–Kier alpha value is -4.66. The summed E-state index contributed by atoms with van der Waals surface area (Å²) in [6, 6.07) is 46.2. The Labute approximate surface area is 268 Å². The molecule has 0 spiro atoms. The highest BCUT2D eigenvalue weighted by Gasteiger charge is 2.36. The van der Waals surface area contributed by atoms with E-state index < -0.39 is 5.41 Å². The van der Waals surface area contributed by atoms with Crippen molar-refractivity contribution >= 4 is 53.4 Å². The third kappa shape index (κ3) is 4.35. The van der Waals surface area contributed by atoms with Crippen LogP contribution in [0.5, 0.6) is 0 Å². The molecule has 0 atom stereocenters. The van der Waals surface area contributed by atoms with Gasteiger partial charge in [-0.1, -0.05) is 144 Å². The average Bonchev–Trinajstić information content (AvgIpc) is 3.62. The molecule has 220 valence electrons. The Morgan fingerprint density at radius 2 is 1.13 bits per heavy atom. The van der Waals surface area contributed by atoms with E-state index in [1.54, 1.807) is 0 Å². The molecule has 45 heavy (non-hydrogen) atoms. The first-order valence-corrected chi connectivity index (χ1v) is 16.6. The van der Waals surface area contributed by atoms with Crippen LogP contribution < -0.4 is 0 Å². The average molecular weight is 601 g/mol. The summed E-state index contributed by atoms with van der Waals surface area (Å²) in [7, 11) is 0. The van der Waals surface area contributed by atoms with Gasteiger partial charge in [0.2, 0.25) is 0 Å². The summed E-state index contributed by atoms with van der Waals surface area (Å²) in [6.45, 7) is 11.8. The molecular weight excluding hydrogens is 565 g/mol. The Morgan fingerprint density at radius 3 is 1.82 bits per heavy atom. The van der Waals surface area contributed by atoms with Crippen LogP contribution in [0.1, 0.15) is 51.3 Å². The number of para-hydroxylation sites is 1. The molecule has 0 fully saturated rings. The van der Waals surface area contributed by atoms with Crippen LogP contribution in [0.2, 0.25) is 0 Å². The molecule has 0 bridgehead atoms. The van der Waals surface area contributed by atoms with Crippen molar-refractivity contribution in [2.45, 2.75) is 45.4 Å². The highest BCUT2D eigenvalue weighted by molar-refractivity contribution is 7.26. The van der Waals surface area contributed by atoms with Crippen molar-refractivity contribution in [3.63, 3.8) is 0 Å². The summed E-state index contributed by atoms with van der Waals surface area (Å²) in [5.41, 5.74) is 10.3. The largest absolute Gasteiger partial charge is 0.456 e. The van der Waals surface area contributed by atoms with Crippen molar-refractivity contribution in [2.24, 2.45) is 0 Å². The molecule has 2 heterocycles. The molecule has 6 aromatic carbocycles. The highest BCUT2D eigenvalue weighted by Crippen LogP contribution is 2.52. The quantitative estimate of drug-likeness (QED) is 0.196. The standard InChI is InChI=1S/C43H36OS/c1-42(2,3)38-33(28-18-10-7-11-19-28)26-34(40-37(38)32-21-12-14-22-35(32)44-40)43(4,5)39-29(27-16-8-6-9-17-27)24-25-31-30-20-13-15-23-36(30)45-41(31)39/h6-26H,1-5H3. The van der Waals surface area contributed by atoms with Crippen LogP contribution in [0.4, 0.5) is 0 Å². The second kappa shape index (κ2) is 10.2. The minimum absolute atomic E-state index is 0.112. The first kappa shape index (κ1) is 27.9. The first-order valence-electron chi connectivity index (χ1n) is 15.8. The number of thiophene rings is 1. The lowest BCUT2D eigenvalue weighted by Crippen LogP contribution is -2.22. The van der Waals surface area contributed by atoms with Crippen LogP contribution in [0.25, 0.3) is 64.4 Å². The molecule has 0 aliphatic rings. The van der Waals surface area contributed by atoms with Gasteiger partial charge in [0.15, 0.2) is 0 Å². The summed E-state index contributed by atoms with van der Waals surface area (Å²) >= 11 is 1.91. The number of hydrogen-bond donors (Lipinski definition) is 0. The van der Waals surface area contributed by atoms with Gasteiger partial charge in [-0.15, -0.1) is 11.3 Å². The van der Waals surface area contributed by atoms with Gasteiger partial charge >= 0.3 is 0 Å². The van der Waals surface area contributed by atoms with Gasteiger partial charge in [0, 0.05) is 41.9 Å². The second-order valence-electron chi connectivity index (χ2n) is 13.7. The summed E-state index contributed by atoms with van der Waals surface area (Å²) in [5, 5.41) is 5.04. The zero-order valence-electron chi connectivity index (χ0n) is 26.4. The van der Waals surface area contributed by atoms with Crippen LogP contribution in [0, 0.1) is 0 Å². The predicted octanol–water partition coefficient (Wildman–Crippen LogP) is 12.9. The third-order valence-corrected chi connectivity index (χ3v) is 10.6. The number of hydrogen-bond acceptors (Lipinski definition) is 2. The van der Waals surface area contributed by atoms with Gasteiger partial charge in [0.1, 0.15) is 11.2 Å². The van der Waals surface area contributed by atoms with Crippen molar-refractivity contribution in [2.75, 3.05) is 0 Å². The van der Waals surface area contributed by atoms with E-state index in [0.717, 1.165) is 11.2 Å². The number of furan rings is 1. The second-order valence-corrected chi connectivity index (χ2v) is 14.8. The van der Waals surface area contributed by atoms with Crippen molar-refractivity contribution < 1.29 is 4.42 Å². The summed E-state index contributed by atoms with van der Waals surface area (Å²) in [6.07, 6.45) is 0. The lowest BCUT2D eigenvalue weighted by atomic mass is 9.71. The smallest absolute Gasteiger partial charge is 0.139 e. The molecule has 0 unspecified atom stereocenters. The molecule has 0 saturated heterocycles. The Balaban J connectivity index is 1.55. The monoisotopic (exact) mass is 600 g/mol. The summed E-state index contributed by atoms with van der Waals surface area (Å²) in [5.74, 6) is 0. The van der Waals surface area contributed by atoms with E-state index in [9.17, 15) is 0 Å². The van der Waals surface area contributed by atoms with E-state index in [-0.39, 0.29) is 5.41 Å². The number of rotatable bonds is 4. The molecule has 8 rings (SSSR count). The molecule has 2 aromatic heterocycles. The van der Waals surface area contributed by atoms with E-state index >= 15 is 0 Å². The van der Waals surface area contributed by atoms with Gasteiger partial charge in [0.25, 0.3) is 0 Å². The highest BCUT2D eigenvalue weighted by atomic mass is 32.1. The van der Waals surface area contributed by atoms with E-state index in [1.807, 2.05) is 11.3 Å². The van der Waals surface area contributed by atoms with E-state index in [4.69, 9.17) is 4.42 Å². The maximum absolute atomic E-state index is 6.94. The van der Waals surface area contributed by atoms with Gasteiger partial charge in [-0.05, 0) is 57.0 Å². The molecule has 0 aliphatic heterocycles. The van der Waals surface area contributed by atoms with Crippen LogP contribution in [-0.2, 0) is 10.8 Å². The molecule has 2 heteroatoms. The van der Waals surface area contributed by atoms with Crippen molar-refractivity contribution in [1.29, 1.82) is 0 Å². The van der Waals surface area contributed by atoms with E-state index in [0.29, 0.717) is 0 Å². The molecule has 0 aliphatic carbocycles. The Bertz CT molecular complexity index is 2360. The lowest BCUT2D eigenvalue weighted by molar-refractivity contribution is 0.589. The molecule has 0 saturated carbocycles. The first-order chi connectivity index (χ1) is 21.7.